The molecule has 1 atom stereocenters. The standard InChI is InChI=1S/C15H20N4O2S/c1-18(22(20,21)14-6-7-14)13-5-3-9-19(11-13)15-12(10-16)4-2-8-17-15/h2,4,8,13-14H,3,5-7,9,11H2,1H3. The van der Waals surface area contributed by atoms with E-state index in [0.29, 0.717) is 17.9 Å². The molecule has 1 unspecified atom stereocenters. The smallest absolute Gasteiger partial charge is 0.217 e. The van der Waals surface area contributed by atoms with Gasteiger partial charge in [0.2, 0.25) is 10.0 Å². The lowest BCUT2D eigenvalue weighted by molar-refractivity contribution is 0.319. The molecule has 1 saturated heterocycles. The average Bonchev–Trinajstić information content (AvgIpc) is 3.39. The minimum absolute atomic E-state index is 0.0482. The van der Waals surface area contributed by atoms with Crippen LogP contribution in [0, 0.1) is 11.3 Å². The fourth-order valence-corrected chi connectivity index (χ4v) is 4.78. The lowest BCUT2D eigenvalue weighted by Crippen LogP contribution is -2.49. The van der Waals surface area contributed by atoms with Gasteiger partial charge in [0.15, 0.2) is 0 Å². The Morgan fingerprint density at radius 3 is 2.86 bits per heavy atom. The summed E-state index contributed by atoms with van der Waals surface area (Å²) in [4.78, 5) is 6.35. The fourth-order valence-electron chi connectivity index (χ4n) is 2.99. The summed E-state index contributed by atoms with van der Waals surface area (Å²) in [7, 11) is -1.48. The molecule has 2 aliphatic rings. The molecule has 0 radical (unpaired) electrons. The van der Waals surface area contributed by atoms with Crippen LogP contribution in [0.5, 0.6) is 0 Å². The first-order chi connectivity index (χ1) is 10.5. The van der Waals surface area contributed by atoms with Gasteiger partial charge in [-0.1, -0.05) is 0 Å². The zero-order chi connectivity index (χ0) is 15.7. The number of aromatic nitrogens is 1. The number of sulfonamides is 1. The molecular weight excluding hydrogens is 300 g/mol. The van der Waals surface area contributed by atoms with Crippen LogP contribution in [0.25, 0.3) is 0 Å². The molecule has 118 valence electrons. The van der Waals surface area contributed by atoms with Crippen LogP contribution in [0.2, 0.25) is 0 Å². The first-order valence-corrected chi connectivity index (χ1v) is 9.11. The summed E-state index contributed by atoms with van der Waals surface area (Å²) >= 11 is 0. The van der Waals surface area contributed by atoms with Crippen molar-refractivity contribution in [2.24, 2.45) is 0 Å². The van der Waals surface area contributed by atoms with E-state index in [1.165, 1.54) is 0 Å². The predicted molar refractivity (Wildman–Crippen MR) is 83.9 cm³/mol. The SMILES string of the molecule is CN(C1CCCN(c2ncccc2C#N)C1)S(=O)(=O)C1CC1. The van der Waals surface area contributed by atoms with Crippen LogP contribution in [0.1, 0.15) is 31.2 Å². The van der Waals surface area contributed by atoms with Crippen molar-refractivity contribution in [2.75, 3.05) is 25.0 Å². The second-order valence-corrected chi connectivity index (χ2v) is 8.26. The van der Waals surface area contributed by atoms with Crippen molar-refractivity contribution < 1.29 is 8.42 Å². The van der Waals surface area contributed by atoms with Gasteiger partial charge < -0.3 is 4.90 Å². The van der Waals surface area contributed by atoms with Crippen LogP contribution in [0.3, 0.4) is 0 Å². The Hall–Kier alpha value is -1.65. The summed E-state index contributed by atoms with van der Waals surface area (Å²) < 4.78 is 26.3. The molecule has 2 heterocycles. The van der Waals surface area contributed by atoms with Gasteiger partial charge >= 0.3 is 0 Å². The Labute approximate surface area is 131 Å². The van der Waals surface area contributed by atoms with Crippen molar-refractivity contribution in [3.05, 3.63) is 23.9 Å². The third-order valence-corrected chi connectivity index (χ3v) is 6.88. The Morgan fingerprint density at radius 2 is 2.18 bits per heavy atom. The van der Waals surface area contributed by atoms with E-state index in [-0.39, 0.29) is 11.3 Å². The number of likely N-dealkylation sites (N-methyl/N-ethyl adjacent to an activating group) is 1. The number of nitrogens with zero attached hydrogens (tertiary/aromatic N) is 4. The Kier molecular flexibility index (Phi) is 4.06. The zero-order valence-electron chi connectivity index (χ0n) is 12.6. The number of rotatable bonds is 4. The summed E-state index contributed by atoms with van der Waals surface area (Å²) in [6, 6.07) is 5.60. The molecule has 0 N–H and O–H groups in total. The van der Waals surface area contributed by atoms with E-state index >= 15 is 0 Å². The molecular formula is C15H20N4O2S. The van der Waals surface area contributed by atoms with Crippen LogP contribution >= 0.6 is 0 Å². The summed E-state index contributed by atoms with van der Waals surface area (Å²) in [5, 5.41) is 9.03. The zero-order valence-corrected chi connectivity index (χ0v) is 13.5. The second kappa shape index (κ2) is 5.86. The molecule has 0 spiro atoms. The minimum Gasteiger partial charge on any atom is -0.354 e. The van der Waals surface area contributed by atoms with E-state index in [9.17, 15) is 13.7 Å². The first-order valence-electron chi connectivity index (χ1n) is 7.61. The molecule has 1 aliphatic carbocycles. The molecule has 2 fully saturated rings. The minimum atomic E-state index is -3.17. The van der Waals surface area contributed by atoms with Gasteiger partial charge in [0.05, 0.1) is 10.8 Å². The van der Waals surface area contributed by atoms with E-state index in [4.69, 9.17) is 0 Å². The average molecular weight is 320 g/mol. The van der Waals surface area contributed by atoms with E-state index in [1.54, 1.807) is 29.7 Å². The normalized spacial score (nSPS) is 22.6. The third kappa shape index (κ3) is 2.81. The van der Waals surface area contributed by atoms with Crippen molar-refractivity contribution in [1.29, 1.82) is 5.26 Å². The van der Waals surface area contributed by atoms with Gasteiger partial charge in [-0.25, -0.2) is 13.4 Å². The van der Waals surface area contributed by atoms with Crippen molar-refractivity contribution >= 4 is 15.8 Å². The maximum Gasteiger partial charge on any atom is 0.217 e. The maximum absolute atomic E-state index is 12.4. The highest BCUT2D eigenvalue weighted by Gasteiger charge is 2.41. The molecule has 7 heteroatoms. The highest BCUT2D eigenvalue weighted by atomic mass is 32.2. The molecule has 1 aromatic rings. The monoisotopic (exact) mass is 320 g/mol. The number of hydrogen-bond acceptors (Lipinski definition) is 5. The molecule has 22 heavy (non-hydrogen) atoms. The van der Waals surface area contributed by atoms with Crippen LogP contribution in [0.4, 0.5) is 5.82 Å². The van der Waals surface area contributed by atoms with Crippen molar-refractivity contribution in [3.8, 4) is 6.07 Å². The molecule has 6 nitrogen and oxygen atoms in total. The highest BCUT2D eigenvalue weighted by Crippen LogP contribution is 2.33. The van der Waals surface area contributed by atoms with E-state index in [2.05, 4.69) is 11.1 Å². The number of nitriles is 1. The second-order valence-electron chi connectivity index (χ2n) is 5.99. The largest absolute Gasteiger partial charge is 0.354 e. The van der Waals surface area contributed by atoms with Crippen LogP contribution in [-0.4, -0.2) is 49.1 Å². The molecule has 0 amide bonds. The Morgan fingerprint density at radius 1 is 1.41 bits per heavy atom. The molecule has 0 aromatic carbocycles. The number of hydrogen-bond donors (Lipinski definition) is 0. The van der Waals surface area contributed by atoms with Crippen LogP contribution in [0.15, 0.2) is 18.3 Å². The summed E-state index contributed by atoms with van der Waals surface area (Å²) in [5.41, 5.74) is 0.538. The Balaban J connectivity index is 1.78. The highest BCUT2D eigenvalue weighted by molar-refractivity contribution is 7.90. The van der Waals surface area contributed by atoms with E-state index in [0.717, 1.165) is 32.2 Å². The van der Waals surface area contributed by atoms with Gasteiger partial charge in [0, 0.05) is 32.4 Å². The maximum atomic E-state index is 12.4. The molecule has 0 bridgehead atoms. The number of pyridine rings is 1. The van der Waals surface area contributed by atoms with Gasteiger partial charge in [0.25, 0.3) is 0 Å². The molecule has 3 rings (SSSR count). The fraction of sp³-hybridized carbons (Fsp3) is 0.600. The van der Waals surface area contributed by atoms with E-state index in [1.807, 2.05) is 4.90 Å². The predicted octanol–water partition coefficient (Wildman–Crippen LogP) is 1.35. The van der Waals surface area contributed by atoms with Gasteiger partial charge in [-0.3, -0.25) is 0 Å². The lowest BCUT2D eigenvalue weighted by atomic mass is 10.1. The van der Waals surface area contributed by atoms with Gasteiger partial charge in [0.1, 0.15) is 11.9 Å². The third-order valence-electron chi connectivity index (χ3n) is 4.46. The van der Waals surface area contributed by atoms with Crippen molar-refractivity contribution in [2.45, 2.75) is 37.0 Å². The quantitative estimate of drug-likeness (QED) is 0.837. The topological polar surface area (TPSA) is 77.3 Å². The number of anilines is 1. The first kappa shape index (κ1) is 15.3. The molecule has 1 saturated carbocycles. The summed E-state index contributed by atoms with van der Waals surface area (Å²) in [6.45, 7) is 1.40. The summed E-state index contributed by atoms with van der Waals surface area (Å²) in [5.74, 6) is 0.659. The van der Waals surface area contributed by atoms with Gasteiger partial charge in [-0.05, 0) is 37.8 Å². The Bertz CT molecular complexity index is 694. The van der Waals surface area contributed by atoms with E-state index < -0.39 is 10.0 Å². The molecule has 1 aliphatic heterocycles. The lowest BCUT2D eigenvalue weighted by Gasteiger charge is -2.37. The van der Waals surface area contributed by atoms with Crippen LogP contribution in [-0.2, 0) is 10.0 Å². The van der Waals surface area contributed by atoms with Crippen LogP contribution < -0.4 is 4.90 Å². The number of piperidine rings is 1. The van der Waals surface area contributed by atoms with Crippen molar-refractivity contribution in [1.82, 2.24) is 9.29 Å². The van der Waals surface area contributed by atoms with Crippen molar-refractivity contribution in [3.63, 3.8) is 0 Å². The van der Waals surface area contributed by atoms with Gasteiger partial charge in [-0.2, -0.15) is 9.57 Å². The van der Waals surface area contributed by atoms with Gasteiger partial charge in [-0.15, -0.1) is 0 Å². The summed E-state index contributed by atoms with van der Waals surface area (Å²) in [6.07, 6.45) is 4.98. The molecule has 1 aromatic heterocycles.